The normalized spacial score (nSPS) is 17.3. The Labute approximate surface area is 223 Å². The van der Waals surface area contributed by atoms with Crippen LogP contribution in [0.3, 0.4) is 0 Å². The third kappa shape index (κ3) is 6.48. The van der Waals surface area contributed by atoms with Gasteiger partial charge >= 0.3 is 0 Å². The fourth-order valence-corrected chi connectivity index (χ4v) is 4.56. The summed E-state index contributed by atoms with van der Waals surface area (Å²) >= 11 is 0. The smallest absolute Gasteiger partial charge is 0.257 e. The Kier molecular flexibility index (Phi) is 8.93. The zero-order chi connectivity index (χ0) is 27.1. The Bertz CT molecular complexity index is 1240. The van der Waals surface area contributed by atoms with Crippen molar-refractivity contribution in [2.24, 2.45) is 5.92 Å². The zero-order valence-corrected chi connectivity index (χ0v) is 22.0. The van der Waals surface area contributed by atoms with E-state index < -0.39 is 0 Å². The van der Waals surface area contributed by atoms with Crippen molar-refractivity contribution in [2.45, 2.75) is 19.6 Å². The molecule has 200 valence electrons. The van der Waals surface area contributed by atoms with Gasteiger partial charge in [-0.1, -0.05) is 25.1 Å². The van der Waals surface area contributed by atoms with Crippen molar-refractivity contribution in [2.75, 3.05) is 45.7 Å². The van der Waals surface area contributed by atoms with Gasteiger partial charge < -0.3 is 24.8 Å². The summed E-state index contributed by atoms with van der Waals surface area (Å²) in [6.07, 6.45) is 2.81. The number of hydrogen-bond donors (Lipinski definition) is 2. The molecule has 1 aliphatic heterocycles. The molecule has 0 unspecified atom stereocenters. The van der Waals surface area contributed by atoms with Gasteiger partial charge in [0.05, 0.1) is 25.0 Å². The van der Waals surface area contributed by atoms with Crippen molar-refractivity contribution in [1.82, 2.24) is 14.8 Å². The largest absolute Gasteiger partial charge is 0.497 e. The van der Waals surface area contributed by atoms with Crippen LogP contribution in [0.25, 0.3) is 0 Å². The number of nitrogens with zero attached hydrogens (tertiary/aromatic N) is 3. The molecule has 9 heteroatoms. The molecule has 2 N–H and O–H groups in total. The molecule has 0 spiro atoms. The van der Waals surface area contributed by atoms with E-state index >= 15 is 0 Å². The molecule has 9 nitrogen and oxygen atoms in total. The number of hydrogen-bond acceptors (Lipinski definition) is 7. The maximum absolute atomic E-state index is 13.4. The summed E-state index contributed by atoms with van der Waals surface area (Å²) in [6.45, 7) is 3.82. The third-order valence-electron chi connectivity index (χ3n) is 6.61. The first-order valence-electron chi connectivity index (χ1n) is 12.6. The number of para-hydroxylation sites is 1. The number of aromatic nitrogens is 1. The summed E-state index contributed by atoms with van der Waals surface area (Å²) in [7, 11) is 3.67. The summed E-state index contributed by atoms with van der Waals surface area (Å²) in [5.41, 5.74) is 2.34. The molecule has 2 heterocycles. The standard InChI is InChI=1S/C29H34N4O5/c1-20-17-33(15-16-34)29(36)24-5-4-6-25(31-28(35)22-11-13-30-14-12-22)27(24)38-26(20)19-32(2)18-21-7-9-23(37-3)10-8-21/h4-14,20,26,34H,15-19H2,1-3H3,(H,31,35)/t20-,26+/m1/s1. The molecule has 2 amide bonds. The molecule has 2 aromatic carbocycles. The van der Waals surface area contributed by atoms with Gasteiger partial charge in [-0.25, -0.2) is 0 Å². The fraction of sp³-hybridized carbons (Fsp3) is 0.345. The number of aliphatic hydroxyl groups excluding tert-OH is 1. The monoisotopic (exact) mass is 518 g/mol. The number of β-amino-alcohol motifs (C(OH)–C–C–N with tert-alkyl or cyclic N) is 1. The molecule has 0 saturated heterocycles. The van der Waals surface area contributed by atoms with Crippen LogP contribution in [0.5, 0.6) is 11.5 Å². The van der Waals surface area contributed by atoms with Crippen molar-refractivity contribution >= 4 is 17.5 Å². The van der Waals surface area contributed by atoms with Gasteiger partial charge in [-0.2, -0.15) is 0 Å². The molecule has 0 aliphatic carbocycles. The van der Waals surface area contributed by atoms with Crippen LogP contribution in [0.2, 0.25) is 0 Å². The van der Waals surface area contributed by atoms with E-state index in [-0.39, 0.29) is 37.0 Å². The average molecular weight is 519 g/mol. The van der Waals surface area contributed by atoms with Crippen LogP contribution in [-0.2, 0) is 6.54 Å². The van der Waals surface area contributed by atoms with E-state index in [0.29, 0.717) is 42.2 Å². The minimum Gasteiger partial charge on any atom is -0.497 e. The number of pyridine rings is 1. The first-order valence-corrected chi connectivity index (χ1v) is 12.6. The lowest BCUT2D eigenvalue weighted by molar-refractivity contribution is 0.0459. The summed E-state index contributed by atoms with van der Waals surface area (Å²) in [5.74, 6) is 0.524. The van der Waals surface area contributed by atoms with Crippen molar-refractivity contribution < 1.29 is 24.2 Å². The number of benzene rings is 2. The maximum atomic E-state index is 13.4. The molecule has 38 heavy (non-hydrogen) atoms. The number of carbonyl (C=O) groups excluding carboxylic acids is 2. The third-order valence-corrected chi connectivity index (χ3v) is 6.61. The highest BCUT2D eigenvalue weighted by Crippen LogP contribution is 2.34. The summed E-state index contributed by atoms with van der Waals surface area (Å²) in [6, 6.07) is 16.3. The van der Waals surface area contributed by atoms with Crippen LogP contribution in [0.4, 0.5) is 5.69 Å². The molecular weight excluding hydrogens is 484 g/mol. The molecule has 0 saturated carbocycles. The van der Waals surface area contributed by atoms with E-state index in [1.54, 1.807) is 54.7 Å². The Morgan fingerprint density at radius 2 is 1.92 bits per heavy atom. The van der Waals surface area contributed by atoms with E-state index in [2.05, 4.69) is 15.2 Å². The lowest BCUT2D eigenvalue weighted by Crippen LogP contribution is -2.47. The van der Waals surface area contributed by atoms with Gasteiger partial charge in [0, 0.05) is 50.1 Å². The van der Waals surface area contributed by atoms with Gasteiger partial charge in [0.2, 0.25) is 0 Å². The molecule has 0 radical (unpaired) electrons. The van der Waals surface area contributed by atoms with E-state index in [1.165, 1.54) is 0 Å². The number of carbonyl (C=O) groups is 2. The second-order valence-electron chi connectivity index (χ2n) is 9.53. The Balaban J connectivity index is 1.62. The molecule has 3 aromatic rings. The second kappa shape index (κ2) is 12.5. The van der Waals surface area contributed by atoms with Crippen molar-refractivity contribution in [1.29, 1.82) is 0 Å². The van der Waals surface area contributed by atoms with Crippen LogP contribution in [-0.4, -0.2) is 78.2 Å². The number of aliphatic hydroxyl groups is 1. The summed E-state index contributed by atoms with van der Waals surface area (Å²) in [5, 5.41) is 12.5. The summed E-state index contributed by atoms with van der Waals surface area (Å²) in [4.78, 5) is 34.2. The van der Waals surface area contributed by atoms with Crippen LogP contribution in [0.1, 0.15) is 33.2 Å². The SMILES string of the molecule is COc1ccc(CN(C)C[C@@H]2Oc3c(NC(=O)c4ccncc4)cccc3C(=O)N(CCO)C[C@H]2C)cc1. The van der Waals surface area contributed by atoms with Gasteiger partial charge in [0.1, 0.15) is 11.9 Å². The first kappa shape index (κ1) is 27.1. The summed E-state index contributed by atoms with van der Waals surface area (Å²) < 4.78 is 11.8. The van der Waals surface area contributed by atoms with Crippen molar-refractivity contribution in [3.8, 4) is 11.5 Å². The lowest BCUT2D eigenvalue weighted by Gasteiger charge is -2.36. The number of fused-ring (bicyclic) bond motifs is 1. The highest BCUT2D eigenvalue weighted by atomic mass is 16.5. The highest BCUT2D eigenvalue weighted by molar-refractivity contribution is 6.07. The Morgan fingerprint density at radius 1 is 1.18 bits per heavy atom. The van der Waals surface area contributed by atoms with Crippen molar-refractivity contribution in [3.05, 3.63) is 83.7 Å². The number of amides is 2. The first-order chi connectivity index (χ1) is 18.4. The van der Waals surface area contributed by atoms with Gasteiger partial charge in [0.25, 0.3) is 11.8 Å². The number of nitrogens with one attached hydrogen (secondary N) is 1. The van der Waals surface area contributed by atoms with E-state index in [4.69, 9.17) is 9.47 Å². The number of methoxy groups -OCH3 is 1. The number of likely N-dealkylation sites (N-methyl/N-ethyl adjacent to an activating group) is 1. The average Bonchev–Trinajstić information content (AvgIpc) is 2.93. The minimum atomic E-state index is -0.327. The van der Waals surface area contributed by atoms with Gasteiger partial charge in [-0.15, -0.1) is 0 Å². The van der Waals surface area contributed by atoms with E-state index in [9.17, 15) is 14.7 Å². The van der Waals surface area contributed by atoms with Crippen LogP contribution in [0.15, 0.2) is 67.0 Å². The Hall–Kier alpha value is -3.95. The van der Waals surface area contributed by atoms with Gasteiger partial charge in [-0.3, -0.25) is 19.5 Å². The van der Waals surface area contributed by atoms with Crippen LogP contribution < -0.4 is 14.8 Å². The second-order valence-corrected chi connectivity index (χ2v) is 9.53. The quantitative estimate of drug-likeness (QED) is 0.448. The predicted molar refractivity (Wildman–Crippen MR) is 145 cm³/mol. The molecule has 1 aliphatic rings. The number of rotatable bonds is 9. The van der Waals surface area contributed by atoms with Crippen LogP contribution >= 0.6 is 0 Å². The molecule has 0 bridgehead atoms. The lowest BCUT2D eigenvalue weighted by atomic mass is 9.99. The predicted octanol–water partition coefficient (Wildman–Crippen LogP) is 3.31. The van der Waals surface area contributed by atoms with E-state index in [1.807, 2.05) is 38.2 Å². The number of anilines is 1. The van der Waals surface area contributed by atoms with Gasteiger partial charge in [0.15, 0.2) is 5.75 Å². The molecule has 1 aromatic heterocycles. The highest BCUT2D eigenvalue weighted by Gasteiger charge is 2.32. The Morgan fingerprint density at radius 3 is 2.61 bits per heavy atom. The topological polar surface area (TPSA) is 104 Å². The molecule has 4 rings (SSSR count). The van der Waals surface area contributed by atoms with Gasteiger partial charge in [-0.05, 0) is 49.0 Å². The fourth-order valence-electron chi connectivity index (χ4n) is 4.56. The minimum absolute atomic E-state index is 0.0408. The van der Waals surface area contributed by atoms with Crippen LogP contribution in [0, 0.1) is 5.92 Å². The zero-order valence-electron chi connectivity index (χ0n) is 22.0. The van der Waals surface area contributed by atoms with E-state index in [0.717, 1.165) is 11.3 Å². The maximum Gasteiger partial charge on any atom is 0.257 e. The molecule has 0 fully saturated rings. The number of ether oxygens (including phenoxy) is 2. The van der Waals surface area contributed by atoms with Crippen molar-refractivity contribution in [3.63, 3.8) is 0 Å². The molecule has 2 atom stereocenters. The molecular formula is C29H34N4O5.